The number of halogens is 2. The second-order valence-electron chi connectivity index (χ2n) is 2.33. The fourth-order valence-corrected chi connectivity index (χ4v) is 1.77. The average molecular weight is 177 g/mol. The lowest BCUT2D eigenvalue weighted by atomic mass is 10.2. The first-order chi connectivity index (χ1) is 5.13. The van der Waals surface area contributed by atoms with Gasteiger partial charge >= 0.3 is 0 Å². The van der Waals surface area contributed by atoms with Crippen molar-refractivity contribution >= 4 is 11.3 Å². The van der Waals surface area contributed by atoms with Gasteiger partial charge in [-0.3, -0.25) is 0 Å². The van der Waals surface area contributed by atoms with Crippen molar-refractivity contribution in [1.82, 2.24) is 0 Å². The largest absolute Gasteiger partial charge is 0.319 e. The van der Waals surface area contributed by atoms with Crippen molar-refractivity contribution in [2.75, 3.05) is 0 Å². The Balaban J connectivity index is 2.84. The molecule has 11 heavy (non-hydrogen) atoms. The van der Waals surface area contributed by atoms with Crippen LogP contribution in [0.15, 0.2) is 11.4 Å². The number of hydrogen-bond donors (Lipinski definition) is 1. The molecule has 62 valence electrons. The molecule has 1 aromatic heterocycles. The van der Waals surface area contributed by atoms with Crippen molar-refractivity contribution in [3.8, 4) is 0 Å². The number of alkyl halides is 2. The van der Waals surface area contributed by atoms with Crippen LogP contribution in [0.4, 0.5) is 8.78 Å². The van der Waals surface area contributed by atoms with Crippen LogP contribution in [-0.2, 0) is 0 Å². The Kier molecular flexibility index (Phi) is 2.57. The Labute approximate surface area is 67.8 Å². The molecule has 1 rings (SSSR count). The van der Waals surface area contributed by atoms with Gasteiger partial charge in [0.15, 0.2) is 0 Å². The van der Waals surface area contributed by atoms with Crippen molar-refractivity contribution in [3.05, 3.63) is 21.9 Å². The average Bonchev–Trinajstić information content (AvgIpc) is 2.33. The number of aryl methyl sites for hydroxylation is 1. The molecule has 1 atom stereocenters. The Morgan fingerprint density at radius 2 is 2.18 bits per heavy atom. The second kappa shape index (κ2) is 3.28. The lowest BCUT2D eigenvalue weighted by molar-refractivity contribution is 0.117. The molecule has 0 amide bonds. The minimum atomic E-state index is -2.47. The van der Waals surface area contributed by atoms with E-state index < -0.39 is 12.5 Å². The first-order valence-electron chi connectivity index (χ1n) is 3.20. The van der Waals surface area contributed by atoms with Gasteiger partial charge < -0.3 is 5.73 Å². The van der Waals surface area contributed by atoms with Crippen LogP contribution in [0.2, 0.25) is 0 Å². The van der Waals surface area contributed by atoms with Crippen molar-refractivity contribution in [2.45, 2.75) is 19.4 Å². The van der Waals surface area contributed by atoms with Gasteiger partial charge in [-0.2, -0.15) is 0 Å². The molecule has 1 nitrogen and oxygen atoms in total. The van der Waals surface area contributed by atoms with Gasteiger partial charge in [0.05, 0.1) is 0 Å². The highest BCUT2D eigenvalue weighted by atomic mass is 32.1. The minimum absolute atomic E-state index is 0.583. The maximum Gasteiger partial charge on any atom is 0.258 e. The van der Waals surface area contributed by atoms with Gasteiger partial charge in [0.2, 0.25) is 0 Å². The zero-order chi connectivity index (χ0) is 8.43. The zero-order valence-electron chi connectivity index (χ0n) is 6.05. The molecule has 0 aliphatic heterocycles. The lowest BCUT2D eigenvalue weighted by Gasteiger charge is -2.08. The molecule has 0 bridgehead atoms. The molecule has 0 unspecified atom stereocenters. The highest BCUT2D eigenvalue weighted by Crippen LogP contribution is 2.26. The number of hydrogen-bond acceptors (Lipinski definition) is 2. The molecular formula is C7H9F2NS. The van der Waals surface area contributed by atoms with E-state index in [1.807, 2.05) is 0 Å². The van der Waals surface area contributed by atoms with Gasteiger partial charge in [0, 0.05) is 4.88 Å². The third-order valence-corrected chi connectivity index (χ3v) is 2.60. The lowest BCUT2D eigenvalue weighted by Crippen LogP contribution is -2.18. The van der Waals surface area contributed by atoms with E-state index in [1.54, 1.807) is 18.4 Å². The molecule has 0 aliphatic rings. The fraction of sp³-hybridized carbons (Fsp3) is 0.429. The van der Waals surface area contributed by atoms with Crippen molar-refractivity contribution < 1.29 is 8.78 Å². The third-order valence-electron chi connectivity index (χ3n) is 1.48. The standard InChI is InChI=1S/C7H9F2NS/c1-4-2-3-11-6(4)5(10)7(8)9/h2-3,5,7H,10H2,1H3/t5-/m1/s1. The van der Waals surface area contributed by atoms with Crippen molar-refractivity contribution in [2.24, 2.45) is 5.73 Å². The Bertz CT molecular complexity index is 234. The van der Waals surface area contributed by atoms with E-state index in [0.29, 0.717) is 4.88 Å². The summed E-state index contributed by atoms with van der Waals surface area (Å²) < 4.78 is 24.1. The summed E-state index contributed by atoms with van der Waals surface area (Å²) in [6, 6.07) is 0.678. The molecule has 4 heteroatoms. The fourth-order valence-electron chi connectivity index (χ4n) is 0.840. The predicted octanol–water partition coefficient (Wildman–Crippen LogP) is 2.32. The van der Waals surface area contributed by atoms with Crippen LogP contribution < -0.4 is 5.73 Å². The highest BCUT2D eigenvalue weighted by molar-refractivity contribution is 7.10. The van der Waals surface area contributed by atoms with Crippen LogP contribution in [0.5, 0.6) is 0 Å². The summed E-state index contributed by atoms with van der Waals surface area (Å²) >= 11 is 1.28. The minimum Gasteiger partial charge on any atom is -0.319 e. The monoisotopic (exact) mass is 177 g/mol. The first kappa shape index (κ1) is 8.62. The maximum absolute atomic E-state index is 12.1. The molecule has 2 N–H and O–H groups in total. The molecule has 0 saturated heterocycles. The predicted molar refractivity (Wildman–Crippen MR) is 42.0 cm³/mol. The molecule has 1 heterocycles. The van der Waals surface area contributed by atoms with Gasteiger partial charge in [-0.15, -0.1) is 11.3 Å². The summed E-state index contributed by atoms with van der Waals surface area (Å²) in [6.07, 6.45) is -2.47. The van der Waals surface area contributed by atoms with E-state index in [4.69, 9.17) is 5.73 Å². The zero-order valence-corrected chi connectivity index (χ0v) is 6.87. The van der Waals surface area contributed by atoms with Gasteiger partial charge in [0.1, 0.15) is 6.04 Å². The number of nitrogens with two attached hydrogens (primary N) is 1. The van der Waals surface area contributed by atoms with Crippen LogP contribution in [0, 0.1) is 6.92 Å². The van der Waals surface area contributed by atoms with Crippen molar-refractivity contribution in [1.29, 1.82) is 0 Å². The SMILES string of the molecule is Cc1ccsc1[C@@H](N)C(F)F. The van der Waals surface area contributed by atoms with E-state index >= 15 is 0 Å². The topological polar surface area (TPSA) is 26.0 Å². The Morgan fingerprint density at radius 1 is 1.55 bits per heavy atom. The van der Waals surface area contributed by atoms with Crippen LogP contribution in [-0.4, -0.2) is 6.43 Å². The van der Waals surface area contributed by atoms with Crippen LogP contribution in [0.25, 0.3) is 0 Å². The van der Waals surface area contributed by atoms with Crippen LogP contribution >= 0.6 is 11.3 Å². The molecule has 0 aliphatic carbocycles. The molecule has 0 fully saturated rings. The molecule has 1 aromatic rings. The van der Waals surface area contributed by atoms with E-state index in [-0.39, 0.29) is 0 Å². The Morgan fingerprint density at radius 3 is 2.55 bits per heavy atom. The summed E-state index contributed by atoms with van der Waals surface area (Å²) in [5, 5.41) is 1.77. The number of thiophene rings is 1. The summed E-state index contributed by atoms with van der Waals surface area (Å²) in [7, 11) is 0. The smallest absolute Gasteiger partial charge is 0.258 e. The maximum atomic E-state index is 12.1. The highest BCUT2D eigenvalue weighted by Gasteiger charge is 2.19. The summed E-state index contributed by atoms with van der Waals surface area (Å²) in [6.45, 7) is 1.79. The van der Waals surface area contributed by atoms with Gasteiger partial charge in [-0.25, -0.2) is 8.78 Å². The van der Waals surface area contributed by atoms with Crippen molar-refractivity contribution in [3.63, 3.8) is 0 Å². The second-order valence-corrected chi connectivity index (χ2v) is 3.28. The van der Waals surface area contributed by atoms with E-state index in [9.17, 15) is 8.78 Å². The molecule has 0 spiro atoms. The van der Waals surface area contributed by atoms with E-state index in [2.05, 4.69) is 0 Å². The van der Waals surface area contributed by atoms with Crippen LogP contribution in [0.3, 0.4) is 0 Å². The summed E-state index contributed by atoms with van der Waals surface area (Å²) in [4.78, 5) is 0.583. The summed E-state index contributed by atoms with van der Waals surface area (Å²) in [5.74, 6) is 0. The molecule has 0 saturated carbocycles. The van der Waals surface area contributed by atoms with Gasteiger partial charge in [-0.05, 0) is 23.9 Å². The molecule has 0 aromatic carbocycles. The quantitative estimate of drug-likeness (QED) is 0.737. The number of rotatable bonds is 2. The van der Waals surface area contributed by atoms with Gasteiger partial charge in [0.25, 0.3) is 6.43 Å². The molecule has 0 radical (unpaired) electrons. The first-order valence-corrected chi connectivity index (χ1v) is 4.08. The van der Waals surface area contributed by atoms with Gasteiger partial charge in [-0.1, -0.05) is 0 Å². The van der Waals surface area contributed by atoms with E-state index in [1.165, 1.54) is 11.3 Å². The normalized spacial score (nSPS) is 13.9. The Hall–Kier alpha value is -0.480. The molecular weight excluding hydrogens is 168 g/mol. The van der Waals surface area contributed by atoms with E-state index in [0.717, 1.165) is 5.56 Å². The third kappa shape index (κ3) is 1.75. The van der Waals surface area contributed by atoms with Crippen LogP contribution in [0.1, 0.15) is 16.5 Å². The summed E-state index contributed by atoms with van der Waals surface area (Å²) in [5.41, 5.74) is 6.09.